The Morgan fingerprint density at radius 1 is 1.26 bits per heavy atom. The number of nitrogens with zero attached hydrogens (tertiary/aromatic N) is 2. The van der Waals surface area contributed by atoms with E-state index < -0.39 is 15.8 Å². The number of hydrogen-bond acceptors (Lipinski definition) is 4. The van der Waals surface area contributed by atoms with Gasteiger partial charge in [0.15, 0.2) is 0 Å². The summed E-state index contributed by atoms with van der Waals surface area (Å²) in [5, 5.41) is 0. The lowest BCUT2D eigenvalue weighted by molar-refractivity contribution is 0.139. The van der Waals surface area contributed by atoms with Crippen LogP contribution in [-0.2, 0) is 10.0 Å². The standard InChI is InChI=1S/C16H26FN3O2S/c1-13(12-20-8-6-19(3)7-9-20)11-18-23(21,22)15-4-5-16(17)14(2)10-15/h4-5,10,13,18H,6-9,11-12H2,1-3H3. The third-order valence-electron chi connectivity index (χ3n) is 4.23. The predicted octanol–water partition coefficient (Wildman–Crippen LogP) is 1.30. The van der Waals surface area contributed by atoms with Crippen molar-refractivity contribution < 1.29 is 12.8 Å². The topological polar surface area (TPSA) is 52.7 Å². The molecule has 1 unspecified atom stereocenters. The van der Waals surface area contributed by atoms with Gasteiger partial charge in [0, 0.05) is 39.3 Å². The van der Waals surface area contributed by atoms with Crippen molar-refractivity contribution in [3.8, 4) is 0 Å². The van der Waals surface area contributed by atoms with Gasteiger partial charge in [-0.2, -0.15) is 0 Å². The van der Waals surface area contributed by atoms with Crippen LogP contribution in [-0.4, -0.2) is 64.5 Å². The van der Waals surface area contributed by atoms with E-state index in [1.54, 1.807) is 6.92 Å². The van der Waals surface area contributed by atoms with E-state index in [9.17, 15) is 12.8 Å². The average molecular weight is 343 g/mol. The fourth-order valence-electron chi connectivity index (χ4n) is 2.66. The fourth-order valence-corrected chi connectivity index (χ4v) is 3.91. The SMILES string of the molecule is Cc1cc(S(=O)(=O)NCC(C)CN2CCN(C)CC2)ccc1F. The van der Waals surface area contributed by atoms with Crippen LogP contribution >= 0.6 is 0 Å². The molecule has 1 aromatic carbocycles. The van der Waals surface area contributed by atoms with Gasteiger partial charge in [0.2, 0.25) is 10.0 Å². The Bertz CT molecular complexity index is 628. The maximum Gasteiger partial charge on any atom is 0.240 e. The number of hydrogen-bond donors (Lipinski definition) is 1. The summed E-state index contributed by atoms with van der Waals surface area (Å²) in [6.07, 6.45) is 0. The van der Waals surface area contributed by atoms with Crippen LogP contribution in [0.25, 0.3) is 0 Å². The van der Waals surface area contributed by atoms with Gasteiger partial charge in [-0.05, 0) is 43.7 Å². The Morgan fingerprint density at radius 2 is 1.91 bits per heavy atom. The molecule has 1 aliphatic heterocycles. The summed E-state index contributed by atoms with van der Waals surface area (Å²) in [5.74, 6) is -0.179. The Hall–Kier alpha value is -1.02. The summed E-state index contributed by atoms with van der Waals surface area (Å²) < 4.78 is 40.5. The van der Waals surface area contributed by atoms with Crippen molar-refractivity contribution in [3.63, 3.8) is 0 Å². The second kappa shape index (κ2) is 7.70. The third kappa shape index (κ3) is 5.24. The Kier molecular flexibility index (Phi) is 6.13. The molecule has 5 nitrogen and oxygen atoms in total. The number of likely N-dealkylation sites (N-methyl/N-ethyl adjacent to an activating group) is 1. The lowest BCUT2D eigenvalue weighted by Gasteiger charge is -2.33. The zero-order valence-corrected chi connectivity index (χ0v) is 14.9. The molecule has 1 fully saturated rings. The number of rotatable bonds is 6. The number of halogens is 1. The molecule has 1 aromatic rings. The van der Waals surface area contributed by atoms with Gasteiger partial charge in [-0.15, -0.1) is 0 Å². The van der Waals surface area contributed by atoms with E-state index in [-0.39, 0.29) is 10.8 Å². The minimum absolute atomic E-state index is 0.114. The van der Waals surface area contributed by atoms with E-state index in [0.717, 1.165) is 32.7 Å². The van der Waals surface area contributed by atoms with Crippen molar-refractivity contribution >= 4 is 10.0 Å². The molecule has 7 heteroatoms. The van der Waals surface area contributed by atoms with Crippen LogP contribution in [0.15, 0.2) is 23.1 Å². The molecule has 0 saturated carbocycles. The minimum Gasteiger partial charge on any atom is -0.304 e. The molecular weight excluding hydrogens is 317 g/mol. The second-order valence-electron chi connectivity index (χ2n) is 6.47. The first-order valence-electron chi connectivity index (χ1n) is 7.94. The summed E-state index contributed by atoms with van der Waals surface area (Å²) in [6.45, 7) is 8.99. The Balaban J connectivity index is 1.87. The van der Waals surface area contributed by atoms with Crippen LogP contribution < -0.4 is 4.72 Å². The summed E-state index contributed by atoms with van der Waals surface area (Å²) >= 11 is 0. The molecule has 0 bridgehead atoms. The largest absolute Gasteiger partial charge is 0.304 e. The normalized spacial score (nSPS) is 19.0. The maximum absolute atomic E-state index is 13.3. The predicted molar refractivity (Wildman–Crippen MR) is 89.4 cm³/mol. The molecule has 1 saturated heterocycles. The van der Waals surface area contributed by atoms with Crippen molar-refractivity contribution in [1.29, 1.82) is 0 Å². The average Bonchev–Trinajstić information content (AvgIpc) is 2.50. The van der Waals surface area contributed by atoms with Crippen molar-refractivity contribution in [3.05, 3.63) is 29.6 Å². The van der Waals surface area contributed by atoms with E-state index in [4.69, 9.17) is 0 Å². The van der Waals surface area contributed by atoms with E-state index in [1.807, 2.05) is 6.92 Å². The molecule has 1 atom stereocenters. The molecular formula is C16H26FN3O2S. The van der Waals surface area contributed by atoms with Crippen LogP contribution in [0.3, 0.4) is 0 Å². The van der Waals surface area contributed by atoms with E-state index in [0.29, 0.717) is 12.1 Å². The molecule has 1 N–H and O–H groups in total. The first-order chi connectivity index (χ1) is 10.8. The van der Waals surface area contributed by atoms with Crippen molar-refractivity contribution in [2.45, 2.75) is 18.7 Å². The van der Waals surface area contributed by atoms with E-state index in [1.165, 1.54) is 18.2 Å². The van der Waals surface area contributed by atoms with Crippen molar-refractivity contribution in [2.75, 3.05) is 46.3 Å². The van der Waals surface area contributed by atoms with Gasteiger partial charge in [-0.1, -0.05) is 6.92 Å². The summed E-state index contributed by atoms with van der Waals surface area (Å²) in [5.41, 5.74) is 0.332. The molecule has 0 aliphatic carbocycles. The fraction of sp³-hybridized carbons (Fsp3) is 0.625. The number of aryl methyl sites for hydroxylation is 1. The minimum atomic E-state index is -3.59. The van der Waals surface area contributed by atoms with Crippen LogP contribution in [0.1, 0.15) is 12.5 Å². The Morgan fingerprint density at radius 3 is 2.52 bits per heavy atom. The van der Waals surface area contributed by atoms with Crippen molar-refractivity contribution in [1.82, 2.24) is 14.5 Å². The van der Waals surface area contributed by atoms with Gasteiger partial charge in [0.1, 0.15) is 5.82 Å². The molecule has 0 amide bonds. The molecule has 23 heavy (non-hydrogen) atoms. The highest BCUT2D eigenvalue weighted by Gasteiger charge is 2.19. The van der Waals surface area contributed by atoms with Gasteiger partial charge in [-0.25, -0.2) is 17.5 Å². The smallest absolute Gasteiger partial charge is 0.240 e. The van der Waals surface area contributed by atoms with Gasteiger partial charge >= 0.3 is 0 Å². The van der Waals surface area contributed by atoms with Gasteiger partial charge in [-0.3, -0.25) is 0 Å². The zero-order valence-electron chi connectivity index (χ0n) is 14.0. The number of piperazine rings is 1. The summed E-state index contributed by atoms with van der Waals surface area (Å²) in [6, 6.07) is 3.86. The monoisotopic (exact) mass is 343 g/mol. The van der Waals surface area contributed by atoms with Gasteiger partial charge < -0.3 is 9.80 Å². The first kappa shape index (κ1) is 18.3. The number of benzene rings is 1. The summed E-state index contributed by atoms with van der Waals surface area (Å²) in [7, 11) is -1.48. The van der Waals surface area contributed by atoms with Crippen LogP contribution in [0.2, 0.25) is 0 Å². The first-order valence-corrected chi connectivity index (χ1v) is 9.43. The Labute approximate surface area is 138 Å². The molecule has 1 heterocycles. The molecule has 2 rings (SSSR count). The van der Waals surface area contributed by atoms with Gasteiger partial charge in [0.25, 0.3) is 0 Å². The highest BCUT2D eigenvalue weighted by Crippen LogP contribution is 2.14. The highest BCUT2D eigenvalue weighted by atomic mass is 32.2. The molecule has 0 radical (unpaired) electrons. The number of nitrogens with one attached hydrogen (secondary N) is 1. The molecule has 0 spiro atoms. The van der Waals surface area contributed by atoms with Crippen LogP contribution in [0.4, 0.5) is 4.39 Å². The van der Waals surface area contributed by atoms with Gasteiger partial charge in [0.05, 0.1) is 4.90 Å². The van der Waals surface area contributed by atoms with E-state index in [2.05, 4.69) is 21.6 Å². The van der Waals surface area contributed by atoms with Crippen molar-refractivity contribution in [2.24, 2.45) is 5.92 Å². The molecule has 130 valence electrons. The third-order valence-corrected chi connectivity index (χ3v) is 5.65. The highest BCUT2D eigenvalue weighted by molar-refractivity contribution is 7.89. The lowest BCUT2D eigenvalue weighted by atomic mass is 10.1. The molecule has 1 aliphatic rings. The number of sulfonamides is 1. The summed E-state index contributed by atoms with van der Waals surface area (Å²) in [4.78, 5) is 4.77. The maximum atomic E-state index is 13.3. The van der Waals surface area contributed by atoms with E-state index >= 15 is 0 Å². The van der Waals surface area contributed by atoms with Crippen LogP contribution in [0.5, 0.6) is 0 Å². The quantitative estimate of drug-likeness (QED) is 0.846. The molecule has 0 aromatic heterocycles. The second-order valence-corrected chi connectivity index (χ2v) is 8.24. The zero-order chi connectivity index (χ0) is 17.0. The van der Waals surface area contributed by atoms with Crippen LogP contribution in [0, 0.1) is 18.7 Å². The lowest BCUT2D eigenvalue weighted by Crippen LogP contribution is -2.46.